The molecule has 6 nitrogen and oxygen atoms in total. The molecule has 0 radical (unpaired) electrons. The van der Waals surface area contributed by atoms with E-state index in [9.17, 15) is 9.59 Å². The van der Waals surface area contributed by atoms with E-state index < -0.39 is 5.97 Å². The molecule has 0 unspecified atom stereocenters. The van der Waals surface area contributed by atoms with Gasteiger partial charge in [-0.2, -0.15) is 0 Å². The molecule has 1 aromatic heterocycles. The summed E-state index contributed by atoms with van der Waals surface area (Å²) in [6, 6.07) is 15.8. The molecule has 1 amide bonds. The number of carbonyl (C=O) groups is 2. The van der Waals surface area contributed by atoms with Gasteiger partial charge < -0.3 is 14.2 Å². The Labute approximate surface area is 157 Å². The van der Waals surface area contributed by atoms with Crippen LogP contribution in [-0.4, -0.2) is 39.5 Å². The number of hydrogen-bond acceptors (Lipinski definition) is 4. The van der Waals surface area contributed by atoms with Crippen molar-refractivity contribution in [3.8, 4) is 0 Å². The van der Waals surface area contributed by atoms with E-state index in [1.165, 1.54) is 5.56 Å². The number of aromatic nitrogens is 2. The van der Waals surface area contributed by atoms with E-state index in [1.54, 1.807) is 9.47 Å². The SMILES string of the molecule is Cc1nc2ccccc2n1CC(=O)OCC(=O)N1CCc2ccccc2C1. The first kappa shape index (κ1) is 17.3. The van der Waals surface area contributed by atoms with Crippen molar-refractivity contribution in [2.45, 2.75) is 26.4 Å². The fourth-order valence-electron chi connectivity index (χ4n) is 3.51. The molecule has 1 aliphatic rings. The van der Waals surface area contributed by atoms with Crippen LogP contribution in [0.1, 0.15) is 17.0 Å². The normalized spacial score (nSPS) is 13.4. The molecular formula is C21H21N3O3. The molecule has 0 fully saturated rings. The van der Waals surface area contributed by atoms with Crippen molar-refractivity contribution < 1.29 is 14.3 Å². The minimum absolute atomic E-state index is 0.0441. The van der Waals surface area contributed by atoms with E-state index in [2.05, 4.69) is 11.1 Å². The van der Waals surface area contributed by atoms with Crippen molar-refractivity contribution in [3.63, 3.8) is 0 Å². The first-order valence-corrected chi connectivity index (χ1v) is 9.04. The first-order chi connectivity index (χ1) is 13.1. The number of benzene rings is 2. The van der Waals surface area contributed by atoms with Gasteiger partial charge in [-0.1, -0.05) is 36.4 Å². The quantitative estimate of drug-likeness (QED) is 0.668. The van der Waals surface area contributed by atoms with E-state index in [4.69, 9.17) is 4.74 Å². The summed E-state index contributed by atoms with van der Waals surface area (Å²) in [7, 11) is 0. The molecule has 3 aromatic rings. The van der Waals surface area contributed by atoms with Crippen LogP contribution in [-0.2, 0) is 33.8 Å². The molecule has 27 heavy (non-hydrogen) atoms. The van der Waals surface area contributed by atoms with Gasteiger partial charge in [0, 0.05) is 13.1 Å². The van der Waals surface area contributed by atoms with Crippen LogP contribution in [0.25, 0.3) is 11.0 Å². The lowest BCUT2D eigenvalue weighted by Crippen LogP contribution is -2.38. The zero-order valence-electron chi connectivity index (χ0n) is 15.2. The zero-order valence-corrected chi connectivity index (χ0v) is 15.2. The van der Waals surface area contributed by atoms with Crippen molar-refractivity contribution in [2.24, 2.45) is 0 Å². The smallest absolute Gasteiger partial charge is 0.326 e. The highest BCUT2D eigenvalue weighted by molar-refractivity contribution is 5.82. The molecule has 6 heteroatoms. The molecule has 0 bridgehead atoms. The largest absolute Gasteiger partial charge is 0.454 e. The number of carbonyl (C=O) groups excluding carboxylic acids is 2. The second kappa shape index (κ2) is 7.23. The van der Waals surface area contributed by atoms with Gasteiger partial charge in [-0.25, -0.2) is 4.98 Å². The van der Waals surface area contributed by atoms with E-state index >= 15 is 0 Å². The van der Waals surface area contributed by atoms with Crippen LogP contribution in [0.5, 0.6) is 0 Å². The lowest BCUT2D eigenvalue weighted by atomic mass is 10.00. The number of para-hydroxylation sites is 2. The Kier molecular flexibility index (Phi) is 4.62. The van der Waals surface area contributed by atoms with Gasteiger partial charge in [0.1, 0.15) is 12.4 Å². The van der Waals surface area contributed by atoms with E-state index in [1.807, 2.05) is 49.4 Å². The fraction of sp³-hybridized carbons (Fsp3) is 0.286. The highest BCUT2D eigenvalue weighted by Crippen LogP contribution is 2.19. The average Bonchev–Trinajstić information content (AvgIpc) is 3.01. The van der Waals surface area contributed by atoms with Crippen molar-refractivity contribution in [1.82, 2.24) is 14.5 Å². The van der Waals surface area contributed by atoms with Gasteiger partial charge in [-0.3, -0.25) is 9.59 Å². The molecule has 0 saturated heterocycles. The van der Waals surface area contributed by atoms with Crippen LogP contribution in [0, 0.1) is 6.92 Å². The van der Waals surface area contributed by atoms with Gasteiger partial charge in [-0.05, 0) is 36.6 Å². The number of ether oxygens (including phenoxy) is 1. The minimum Gasteiger partial charge on any atom is -0.454 e. The van der Waals surface area contributed by atoms with Crippen molar-refractivity contribution in [1.29, 1.82) is 0 Å². The van der Waals surface area contributed by atoms with Crippen LogP contribution < -0.4 is 0 Å². The van der Waals surface area contributed by atoms with Crippen LogP contribution in [0.3, 0.4) is 0 Å². The van der Waals surface area contributed by atoms with Crippen LogP contribution >= 0.6 is 0 Å². The lowest BCUT2D eigenvalue weighted by Gasteiger charge is -2.28. The predicted molar refractivity (Wildman–Crippen MR) is 101 cm³/mol. The molecule has 1 aliphatic heterocycles. The number of fused-ring (bicyclic) bond motifs is 2. The van der Waals surface area contributed by atoms with Crippen molar-refractivity contribution in [2.75, 3.05) is 13.2 Å². The van der Waals surface area contributed by atoms with Gasteiger partial charge >= 0.3 is 5.97 Å². The number of imidazole rings is 1. The van der Waals surface area contributed by atoms with Gasteiger partial charge in [0.25, 0.3) is 5.91 Å². The molecular weight excluding hydrogens is 342 g/mol. The predicted octanol–water partition coefficient (Wildman–Crippen LogP) is 2.47. The summed E-state index contributed by atoms with van der Waals surface area (Å²) in [6.07, 6.45) is 0.829. The minimum atomic E-state index is -0.438. The number of hydrogen-bond donors (Lipinski definition) is 0. The summed E-state index contributed by atoms with van der Waals surface area (Å²) in [5.41, 5.74) is 4.15. The Morgan fingerprint density at radius 2 is 1.81 bits per heavy atom. The maximum atomic E-state index is 12.4. The van der Waals surface area contributed by atoms with Crippen LogP contribution in [0.2, 0.25) is 0 Å². The van der Waals surface area contributed by atoms with Gasteiger partial charge in [-0.15, -0.1) is 0 Å². The van der Waals surface area contributed by atoms with Crippen LogP contribution in [0.4, 0.5) is 0 Å². The highest BCUT2D eigenvalue weighted by Gasteiger charge is 2.21. The molecule has 0 saturated carbocycles. The fourth-order valence-corrected chi connectivity index (χ4v) is 3.51. The number of esters is 1. The zero-order chi connectivity index (χ0) is 18.8. The molecule has 0 spiro atoms. The summed E-state index contributed by atoms with van der Waals surface area (Å²) in [5.74, 6) is 0.143. The summed E-state index contributed by atoms with van der Waals surface area (Å²) in [4.78, 5) is 30.9. The third-order valence-corrected chi connectivity index (χ3v) is 4.97. The standard InChI is InChI=1S/C21H21N3O3/c1-15-22-18-8-4-5-9-19(18)24(15)13-21(26)27-14-20(25)23-11-10-16-6-2-3-7-17(16)12-23/h2-9H,10-14H2,1H3. The third-order valence-electron chi connectivity index (χ3n) is 4.97. The monoisotopic (exact) mass is 363 g/mol. The Bertz CT molecular complexity index is 1010. The number of rotatable bonds is 4. The summed E-state index contributed by atoms with van der Waals surface area (Å²) >= 11 is 0. The Morgan fingerprint density at radius 3 is 2.67 bits per heavy atom. The van der Waals surface area contributed by atoms with E-state index in [0.29, 0.717) is 13.1 Å². The number of amides is 1. The summed E-state index contributed by atoms with van der Waals surface area (Å²) < 4.78 is 7.05. The van der Waals surface area contributed by atoms with Crippen LogP contribution in [0.15, 0.2) is 48.5 Å². The summed E-state index contributed by atoms with van der Waals surface area (Å²) in [6.45, 7) is 2.88. The van der Waals surface area contributed by atoms with Gasteiger partial charge in [0.2, 0.25) is 0 Å². The summed E-state index contributed by atoms with van der Waals surface area (Å²) in [5, 5.41) is 0. The second-order valence-corrected chi connectivity index (χ2v) is 6.73. The first-order valence-electron chi connectivity index (χ1n) is 9.04. The second-order valence-electron chi connectivity index (χ2n) is 6.73. The van der Waals surface area contributed by atoms with E-state index in [-0.39, 0.29) is 19.1 Å². The highest BCUT2D eigenvalue weighted by atomic mass is 16.5. The molecule has 4 rings (SSSR count). The van der Waals surface area contributed by atoms with E-state index in [0.717, 1.165) is 28.8 Å². The molecule has 138 valence electrons. The average molecular weight is 363 g/mol. The van der Waals surface area contributed by atoms with Crippen molar-refractivity contribution >= 4 is 22.9 Å². The molecule has 2 heterocycles. The molecule has 0 aliphatic carbocycles. The number of aryl methyl sites for hydroxylation is 1. The Morgan fingerprint density at radius 1 is 1.07 bits per heavy atom. The van der Waals surface area contributed by atoms with Gasteiger partial charge in [0.15, 0.2) is 6.61 Å². The maximum Gasteiger partial charge on any atom is 0.326 e. The topological polar surface area (TPSA) is 64.4 Å². The maximum absolute atomic E-state index is 12.4. The van der Waals surface area contributed by atoms with Crippen molar-refractivity contribution in [3.05, 3.63) is 65.5 Å². The molecule has 0 atom stereocenters. The van der Waals surface area contributed by atoms with Gasteiger partial charge in [0.05, 0.1) is 11.0 Å². The lowest BCUT2D eigenvalue weighted by molar-refractivity contribution is -0.152. The Balaban J connectivity index is 1.35. The molecule has 2 aromatic carbocycles. The Hall–Kier alpha value is -3.15. The third kappa shape index (κ3) is 3.56. The molecule has 0 N–H and O–H groups in total. The number of nitrogens with zero attached hydrogens (tertiary/aromatic N) is 3.